The second-order valence-corrected chi connectivity index (χ2v) is 7.50. The standard InChI is InChI=1S/C16H12Cl4/c17-12-3-1-10(2-4-12)15-14-6-5-13(18)9-11(14)7-8-16(15,19)20/h1-6,9,15H,7-8H2. The van der Waals surface area contributed by atoms with E-state index >= 15 is 0 Å². The van der Waals surface area contributed by atoms with Gasteiger partial charge in [-0.05, 0) is 53.8 Å². The molecule has 2 aromatic carbocycles. The third kappa shape index (κ3) is 2.67. The molecule has 0 bridgehead atoms. The molecule has 0 fully saturated rings. The maximum absolute atomic E-state index is 6.58. The van der Waals surface area contributed by atoms with Crippen molar-refractivity contribution in [3.05, 3.63) is 69.2 Å². The quantitative estimate of drug-likeness (QED) is 0.536. The smallest absolute Gasteiger partial charge is 0.101 e. The average molecular weight is 346 g/mol. The Balaban J connectivity index is 2.14. The minimum atomic E-state index is -0.811. The van der Waals surface area contributed by atoms with Gasteiger partial charge in [0.25, 0.3) is 0 Å². The molecule has 0 spiro atoms. The van der Waals surface area contributed by atoms with Gasteiger partial charge in [0.05, 0.1) is 0 Å². The summed E-state index contributed by atoms with van der Waals surface area (Å²) in [5.74, 6) is -0.0656. The summed E-state index contributed by atoms with van der Waals surface area (Å²) in [5, 5.41) is 1.45. The summed E-state index contributed by atoms with van der Waals surface area (Å²) < 4.78 is -0.811. The van der Waals surface area contributed by atoms with Gasteiger partial charge in [-0.25, -0.2) is 0 Å². The molecule has 104 valence electrons. The fourth-order valence-electron chi connectivity index (χ4n) is 2.82. The number of aryl methyl sites for hydroxylation is 1. The summed E-state index contributed by atoms with van der Waals surface area (Å²) in [4.78, 5) is 0. The van der Waals surface area contributed by atoms with Crippen LogP contribution < -0.4 is 0 Å². The Hall–Kier alpha value is -0.400. The maximum Gasteiger partial charge on any atom is 0.129 e. The first kappa shape index (κ1) is 14.5. The number of benzene rings is 2. The van der Waals surface area contributed by atoms with Crippen molar-refractivity contribution >= 4 is 46.4 Å². The lowest BCUT2D eigenvalue weighted by Crippen LogP contribution is -2.30. The fraction of sp³-hybridized carbons (Fsp3) is 0.250. The predicted molar refractivity (Wildman–Crippen MR) is 87.5 cm³/mol. The monoisotopic (exact) mass is 344 g/mol. The van der Waals surface area contributed by atoms with Crippen LogP contribution in [0, 0.1) is 0 Å². The molecular weight excluding hydrogens is 334 g/mol. The summed E-state index contributed by atoms with van der Waals surface area (Å²) >= 11 is 25.2. The van der Waals surface area contributed by atoms with Crippen LogP contribution in [0.4, 0.5) is 0 Å². The van der Waals surface area contributed by atoms with Gasteiger partial charge in [-0.1, -0.05) is 41.4 Å². The van der Waals surface area contributed by atoms with Crippen LogP contribution in [0.3, 0.4) is 0 Å². The molecule has 1 aliphatic rings. The van der Waals surface area contributed by atoms with Gasteiger partial charge in [-0.3, -0.25) is 0 Å². The minimum absolute atomic E-state index is 0.0656. The van der Waals surface area contributed by atoms with Crippen molar-refractivity contribution in [2.45, 2.75) is 23.1 Å². The lowest BCUT2D eigenvalue weighted by Gasteiger charge is -2.36. The van der Waals surface area contributed by atoms with Gasteiger partial charge in [0.15, 0.2) is 0 Å². The molecule has 0 aliphatic heterocycles. The second kappa shape index (κ2) is 5.42. The van der Waals surface area contributed by atoms with Gasteiger partial charge in [-0.2, -0.15) is 0 Å². The van der Waals surface area contributed by atoms with E-state index in [1.807, 2.05) is 42.5 Å². The molecule has 0 nitrogen and oxygen atoms in total. The van der Waals surface area contributed by atoms with Gasteiger partial charge in [0.2, 0.25) is 0 Å². The van der Waals surface area contributed by atoms with E-state index in [2.05, 4.69) is 0 Å². The molecule has 0 saturated carbocycles. The van der Waals surface area contributed by atoms with Crippen LogP contribution in [0.2, 0.25) is 10.0 Å². The van der Waals surface area contributed by atoms with Crippen LogP contribution in [-0.2, 0) is 6.42 Å². The number of hydrogen-bond donors (Lipinski definition) is 0. The topological polar surface area (TPSA) is 0 Å². The Bertz CT molecular complexity index is 631. The van der Waals surface area contributed by atoms with Gasteiger partial charge < -0.3 is 0 Å². The Labute approximate surface area is 138 Å². The summed E-state index contributed by atoms with van der Waals surface area (Å²) in [6, 6.07) is 13.6. The van der Waals surface area contributed by atoms with Crippen molar-refractivity contribution in [1.82, 2.24) is 0 Å². The number of alkyl halides is 2. The van der Waals surface area contributed by atoms with Crippen molar-refractivity contribution in [3.63, 3.8) is 0 Å². The van der Waals surface area contributed by atoms with E-state index in [9.17, 15) is 0 Å². The molecular formula is C16H12Cl4. The first-order valence-electron chi connectivity index (χ1n) is 6.39. The number of fused-ring (bicyclic) bond motifs is 1. The van der Waals surface area contributed by atoms with Crippen molar-refractivity contribution in [1.29, 1.82) is 0 Å². The van der Waals surface area contributed by atoms with Crippen molar-refractivity contribution in [2.75, 3.05) is 0 Å². The third-order valence-electron chi connectivity index (χ3n) is 3.77. The molecule has 0 aromatic heterocycles. The molecule has 3 rings (SSSR count). The molecule has 2 aromatic rings. The zero-order valence-electron chi connectivity index (χ0n) is 10.5. The minimum Gasteiger partial charge on any atom is -0.101 e. The highest BCUT2D eigenvalue weighted by atomic mass is 35.5. The molecule has 0 N–H and O–H groups in total. The zero-order chi connectivity index (χ0) is 14.3. The molecule has 0 amide bonds. The van der Waals surface area contributed by atoms with E-state index in [1.54, 1.807) is 0 Å². The molecule has 20 heavy (non-hydrogen) atoms. The van der Waals surface area contributed by atoms with Gasteiger partial charge in [0, 0.05) is 16.0 Å². The van der Waals surface area contributed by atoms with Crippen LogP contribution in [0.25, 0.3) is 0 Å². The van der Waals surface area contributed by atoms with E-state index in [1.165, 1.54) is 5.56 Å². The summed E-state index contributed by atoms with van der Waals surface area (Å²) in [6.45, 7) is 0. The van der Waals surface area contributed by atoms with Crippen LogP contribution >= 0.6 is 46.4 Å². The maximum atomic E-state index is 6.58. The average Bonchev–Trinajstić information content (AvgIpc) is 2.40. The molecule has 1 unspecified atom stereocenters. The van der Waals surface area contributed by atoms with Crippen molar-refractivity contribution in [2.24, 2.45) is 0 Å². The highest BCUT2D eigenvalue weighted by Crippen LogP contribution is 2.50. The van der Waals surface area contributed by atoms with Gasteiger partial charge in [0.1, 0.15) is 4.33 Å². The Morgan fingerprint density at radius 2 is 1.55 bits per heavy atom. The first-order valence-corrected chi connectivity index (χ1v) is 7.90. The molecule has 4 heteroatoms. The van der Waals surface area contributed by atoms with E-state index < -0.39 is 4.33 Å². The second-order valence-electron chi connectivity index (χ2n) is 5.09. The molecule has 0 radical (unpaired) electrons. The van der Waals surface area contributed by atoms with Gasteiger partial charge in [-0.15, -0.1) is 23.2 Å². The van der Waals surface area contributed by atoms with Gasteiger partial charge >= 0.3 is 0 Å². The van der Waals surface area contributed by atoms with Crippen LogP contribution in [0.1, 0.15) is 29.0 Å². The Kier molecular flexibility index (Phi) is 3.94. The summed E-state index contributed by atoms with van der Waals surface area (Å²) in [7, 11) is 0. The summed E-state index contributed by atoms with van der Waals surface area (Å²) in [5.41, 5.74) is 3.44. The molecule has 1 aliphatic carbocycles. The fourth-order valence-corrected chi connectivity index (χ4v) is 3.82. The van der Waals surface area contributed by atoms with Crippen molar-refractivity contribution < 1.29 is 0 Å². The lowest BCUT2D eigenvalue weighted by atomic mass is 9.78. The van der Waals surface area contributed by atoms with E-state index in [0.29, 0.717) is 11.4 Å². The molecule has 0 saturated heterocycles. The Morgan fingerprint density at radius 3 is 2.25 bits per heavy atom. The molecule has 0 heterocycles. The normalized spacial score (nSPS) is 20.5. The number of halogens is 4. The van der Waals surface area contributed by atoms with Crippen LogP contribution in [-0.4, -0.2) is 4.33 Å². The molecule has 1 atom stereocenters. The highest BCUT2D eigenvalue weighted by molar-refractivity contribution is 6.49. The lowest BCUT2D eigenvalue weighted by molar-refractivity contribution is 0.576. The third-order valence-corrected chi connectivity index (χ3v) is 5.07. The van der Waals surface area contributed by atoms with Crippen LogP contribution in [0.5, 0.6) is 0 Å². The zero-order valence-corrected chi connectivity index (χ0v) is 13.6. The van der Waals surface area contributed by atoms with Crippen LogP contribution in [0.15, 0.2) is 42.5 Å². The highest BCUT2D eigenvalue weighted by Gasteiger charge is 2.41. The number of rotatable bonds is 1. The SMILES string of the molecule is Clc1ccc(C2c3ccc(Cl)cc3CCC2(Cl)Cl)cc1. The summed E-state index contributed by atoms with van der Waals surface area (Å²) in [6.07, 6.45) is 1.55. The first-order chi connectivity index (χ1) is 9.47. The van der Waals surface area contributed by atoms with E-state index in [-0.39, 0.29) is 5.92 Å². The Morgan fingerprint density at radius 1 is 0.900 bits per heavy atom. The number of hydrogen-bond acceptors (Lipinski definition) is 0. The predicted octanol–water partition coefficient (Wildman–Crippen LogP) is 6.25. The van der Waals surface area contributed by atoms with E-state index in [0.717, 1.165) is 22.6 Å². The largest absolute Gasteiger partial charge is 0.129 e. The van der Waals surface area contributed by atoms with Crippen molar-refractivity contribution in [3.8, 4) is 0 Å². The van der Waals surface area contributed by atoms with E-state index in [4.69, 9.17) is 46.4 Å².